The van der Waals surface area contributed by atoms with Crippen LogP contribution in [0.1, 0.15) is 31.2 Å². The lowest BCUT2D eigenvalue weighted by atomic mass is 10.2. The number of benzene rings is 1. The Bertz CT molecular complexity index is 364. The third-order valence-electron chi connectivity index (χ3n) is 2.77. The van der Waals surface area contributed by atoms with Gasteiger partial charge >= 0.3 is 0 Å². The number of allylic oxidation sites excluding steroid dienone is 1. The number of ether oxygens (including phenoxy) is 2. The Balaban J connectivity index is 2.42. The molecule has 0 saturated carbocycles. The smallest absolute Gasteiger partial charge is 0.161 e. The Hall–Kier alpha value is -1.48. The fraction of sp³-hybridized carbons (Fsp3) is 0.467. The molecule has 0 aliphatic heterocycles. The fourth-order valence-electron chi connectivity index (χ4n) is 1.71. The van der Waals surface area contributed by atoms with E-state index in [1.807, 2.05) is 24.3 Å². The van der Waals surface area contributed by atoms with Crippen LogP contribution in [0, 0.1) is 0 Å². The SMILES string of the molecule is C=CCCCCCOc1cc(CN)ccc1OC. The number of nitrogens with two attached hydrogens (primary N) is 1. The second-order valence-electron chi connectivity index (χ2n) is 4.18. The van der Waals surface area contributed by atoms with E-state index in [1.165, 1.54) is 6.42 Å². The molecule has 1 rings (SSSR count). The van der Waals surface area contributed by atoms with Gasteiger partial charge < -0.3 is 15.2 Å². The Morgan fingerprint density at radius 2 is 2.06 bits per heavy atom. The molecule has 0 heterocycles. The van der Waals surface area contributed by atoms with Gasteiger partial charge in [-0.1, -0.05) is 12.1 Å². The van der Waals surface area contributed by atoms with E-state index in [0.717, 1.165) is 36.3 Å². The summed E-state index contributed by atoms with van der Waals surface area (Å²) in [5.74, 6) is 1.54. The molecule has 1 aromatic carbocycles. The van der Waals surface area contributed by atoms with E-state index in [-0.39, 0.29) is 0 Å². The summed E-state index contributed by atoms with van der Waals surface area (Å²) < 4.78 is 11.0. The highest BCUT2D eigenvalue weighted by Crippen LogP contribution is 2.28. The van der Waals surface area contributed by atoms with Crippen LogP contribution in [0.25, 0.3) is 0 Å². The molecule has 0 aliphatic rings. The second kappa shape index (κ2) is 8.59. The molecule has 0 radical (unpaired) electrons. The normalized spacial score (nSPS) is 10.1. The largest absolute Gasteiger partial charge is 0.493 e. The van der Waals surface area contributed by atoms with Gasteiger partial charge in [0.1, 0.15) is 0 Å². The molecule has 2 N–H and O–H groups in total. The van der Waals surface area contributed by atoms with Gasteiger partial charge in [-0.05, 0) is 43.4 Å². The first-order chi connectivity index (χ1) is 8.81. The van der Waals surface area contributed by atoms with Gasteiger partial charge in [0.05, 0.1) is 13.7 Å². The Labute approximate surface area is 110 Å². The summed E-state index contributed by atoms with van der Waals surface area (Å²) in [4.78, 5) is 0. The van der Waals surface area contributed by atoms with Crippen LogP contribution in [0.5, 0.6) is 11.5 Å². The van der Waals surface area contributed by atoms with Gasteiger partial charge in [0, 0.05) is 6.54 Å². The van der Waals surface area contributed by atoms with Crippen LogP contribution in [0.2, 0.25) is 0 Å². The van der Waals surface area contributed by atoms with Crippen LogP contribution in [0.4, 0.5) is 0 Å². The van der Waals surface area contributed by atoms with Gasteiger partial charge in [-0.3, -0.25) is 0 Å². The number of hydrogen-bond donors (Lipinski definition) is 1. The van der Waals surface area contributed by atoms with Gasteiger partial charge in [-0.2, -0.15) is 0 Å². The summed E-state index contributed by atoms with van der Waals surface area (Å²) in [7, 11) is 1.65. The van der Waals surface area contributed by atoms with Crippen molar-refractivity contribution < 1.29 is 9.47 Å². The van der Waals surface area contributed by atoms with Crippen molar-refractivity contribution in [1.29, 1.82) is 0 Å². The van der Waals surface area contributed by atoms with E-state index in [4.69, 9.17) is 15.2 Å². The first kappa shape index (κ1) is 14.6. The first-order valence-electron chi connectivity index (χ1n) is 6.42. The topological polar surface area (TPSA) is 44.5 Å². The van der Waals surface area contributed by atoms with Crippen molar-refractivity contribution in [2.45, 2.75) is 32.2 Å². The van der Waals surface area contributed by atoms with Crippen LogP contribution in [0.3, 0.4) is 0 Å². The molecule has 0 amide bonds. The molecule has 0 aromatic heterocycles. The minimum atomic E-state index is 0.514. The number of unbranched alkanes of at least 4 members (excludes halogenated alkanes) is 3. The predicted molar refractivity (Wildman–Crippen MR) is 75.0 cm³/mol. The quantitative estimate of drug-likeness (QED) is 0.539. The van der Waals surface area contributed by atoms with Gasteiger partial charge in [-0.25, -0.2) is 0 Å². The summed E-state index contributed by atoms with van der Waals surface area (Å²) in [5.41, 5.74) is 6.67. The standard InChI is InChI=1S/C15H23NO2/c1-3-4-5-6-7-10-18-15-11-13(12-16)8-9-14(15)17-2/h3,8-9,11H,1,4-7,10,12,16H2,2H3. The lowest BCUT2D eigenvalue weighted by Crippen LogP contribution is -2.02. The summed E-state index contributed by atoms with van der Waals surface area (Å²) in [6, 6.07) is 5.80. The monoisotopic (exact) mass is 249 g/mol. The van der Waals surface area contributed by atoms with Crippen LogP contribution in [-0.2, 0) is 6.54 Å². The van der Waals surface area contributed by atoms with E-state index < -0.39 is 0 Å². The molecule has 18 heavy (non-hydrogen) atoms. The molecule has 0 unspecified atom stereocenters. The van der Waals surface area contributed by atoms with Crippen LogP contribution in [0.15, 0.2) is 30.9 Å². The highest BCUT2D eigenvalue weighted by molar-refractivity contribution is 5.42. The molecular formula is C15H23NO2. The highest BCUT2D eigenvalue weighted by Gasteiger charge is 2.04. The molecule has 3 nitrogen and oxygen atoms in total. The highest BCUT2D eigenvalue weighted by atomic mass is 16.5. The molecule has 0 fully saturated rings. The van der Waals surface area contributed by atoms with Crippen molar-refractivity contribution in [3.8, 4) is 11.5 Å². The van der Waals surface area contributed by atoms with Gasteiger partial charge in [0.25, 0.3) is 0 Å². The third kappa shape index (κ3) is 4.80. The lowest BCUT2D eigenvalue weighted by molar-refractivity contribution is 0.285. The van der Waals surface area contributed by atoms with Crippen molar-refractivity contribution in [2.75, 3.05) is 13.7 Å². The molecule has 0 bridgehead atoms. The lowest BCUT2D eigenvalue weighted by Gasteiger charge is -2.11. The molecular weight excluding hydrogens is 226 g/mol. The minimum Gasteiger partial charge on any atom is -0.493 e. The van der Waals surface area contributed by atoms with E-state index >= 15 is 0 Å². The predicted octanol–water partition coefficient (Wildman–Crippen LogP) is 3.28. The van der Waals surface area contributed by atoms with E-state index in [9.17, 15) is 0 Å². The van der Waals surface area contributed by atoms with Crippen LogP contribution < -0.4 is 15.2 Å². The molecule has 0 spiro atoms. The van der Waals surface area contributed by atoms with Gasteiger partial charge in [0.15, 0.2) is 11.5 Å². The third-order valence-corrected chi connectivity index (χ3v) is 2.77. The molecule has 0 atom stereocenters. The molecule has 100 valence electrons. The zero-order valence-electron chi connectivity index (χ0n) is 11.2. The molecule has 0 aliphatic carbocycles. The molecule has 0 saturated heterocycles. The number of hydrogen-bond acceptors (Lipinski definition) is 3. The van der Waals surface area contributed by atoms with Crippen molar-refractivity contribution in [1.82, 2.24) is 0 Å². The van der Waals surface area contributed by atoms with Crippen LogP contribution >= 0.6 is 0 Å². The fourth-order valence-corrected chi connectivity index (χ4v) is 1.71. The minimum absolute atomic E-state index is 0.514. The summed E-state index contributed by atoms with van der Waals surface area (Å²) in [6.45, 7) is 4.93. The number of rotatable bonds is 9. The van der Waals surface area contributed by atoms with E-state index in [2.05, 4.69) is 6.58 Å². The second-order valence-corrected chi connectivity index (χ2v) is 4.18. The van der Waals surface area contributed by atoms with Crippen molar-refractivity contribution >= 4 is 0 Å². The van der Waals surface area contributed by atoms with Gasteiger partial charge in [-0.15, -0.1) is 6.58 Å². The summed E-state index contributed by atoms with van der Waals surface area (Å²) in [6.07, 6.45) is 6.40. The Kier molecular flexibility index (Phi) is 6.96. The summed E-state index contributed by atoms with van der Waals surface area (Å²) >= 11 is 0. The van der Waals surface area contributed by atoms with Crippen molar-refractivity contribution in [2.24, 2.45) is 5.73 Å². The number of methoxy groups -OCH3 is 1. The maximum absolute atomic E-state index is 5.74. The average molecular weight is 249 g/mol. The average Bonchev–Trinajstić information content (AvgIpc) is 2.42. The maximum atomic E-state index is 5.74. The Morgan fingerprint density at radius 3 is 2.72 bits per heavy atom. The zero-order chi connectivity index (χ0) is 13.2. The Morgan fingerprint density at radius 1 is 1.22 bits per heavy atom. The summed E-state index contributed by atoms with van der Waals surface area (Å²) in [5, 5.41) is 0. The van der Waals surface area contributed by atoms with E-state index in [1.54, 1.807) is 7.11 Å². The van der Waals surface area contributed by atoms with E-state index in [0.29, 0.717) is 13.2 Å². The van der Waals surface area contributed by atoms with Gasteiger partial charge in [0.2, 0.25) is 0 Å². The van der Waals surface area contributed by atoms with Crippen LogP contribution in [-0.4, -0.2) is 13.7 Å². The molecule has 3 heteroatoms. The van der Waals surface area contributed by atoms with Crippen molar-refractivity contribution in [3.05, 3.63) is 36.4 Å². The first-order valence-corrected chi connectivity index (χ1v) is 6.42. The maximum Gasteiger partial charge on any atom is 0.161 e. The van der Waals surface area contributed by atoms with Crippen molar-refractivity contribution in [3.63, 3.8) is 0 Å². The zero-order valence-corrected chi connectivity index (χ0v) is 11.2. The molecule has 1 aromatic rings.